The maximum Gasteiger partial charge on any atom is 0.224 e. The lowest BCUT2D eigenvalue weighted by atomic mass is 9.68. The van der Waals surface area contributed by atoms with E-state index in [2.05, 4.69) is 15.3 Å². The van der Waals surface area contributed by atoms with Gasteiger partial charge in [0.2, 0.25) is 5.28 Å². The summed E-state index contributed by atoms with van der Waals surface area (Å²) in [7, 11) is 0. The standard InChI is InChI=1S/C18H20ClN3/c19-18-21-16(13-4-2-1-3-5-13)11-17(22-18)20-15-10-12-6-8-14(15)9-7-12/h1-5,11-12,14-15H,6-10H2,(H,20,21,22)/t12?,14?,15-/m0/s1. The number of fused-ring (bicyclic) bond motifs is 3. The second kappa shape index (κ2) is 5.88. The van der Waals surface area contributed by atoms with E-state index >= 15 is 0 Å². The highest BCUT2D eigenvalue weighted by molar-refractivity contribution is 6.28. The molecule has 114 valence electrons. The highest BCUT2D eigenvalue weighted by Gasteiger charge is 2.35. The molecular formula is C18H20ClN3. The number of benzene rings is 1. The summed E-state index contributed by atoms with van der Waals surface area (Å²) in [4.78, 5) is 8.74. The van der Waals surface area contributed by atoms with E-state index < -0.39 is 0 Å². The van der Waals surface area contributed by atoms with E-state index in [0.29, 0.717) is 11.3 Å². The molecule has 0 spiro atoms. The van der Waals surface area contributed by atoms with Crippen molar-refractivity contribution in [2.45, 2.75) is 38.1 Å². The van der Waals surface area contributed by atoms with Gasteiger partial charge in [-0.05, 0) is 42.7 Å². The number of nitrogens with zero attached hydrogens (tertiary/aromatic N) is 2. The van der Waals surface area contributed by atoms with Crippen LogP contribution in [0.3, 0.4) is 0 Å². The van der Waals surface area contributed by atoms with Crippen LogP contribution in [0.15, 0.2) is 36.4 Å². The zero-order chi connectivity index (χ0) is 14.9. The minimum Gasteiger partial charge on any atom is -0.367 e. The van der Waals surface area contributed by atoms with Gasteiger partial charge in [0, 0.05) is 17.7 Å². The third-order valence-electron chi connectivity index (χ3n) is 5.15. The van der Waals surface area contributed by atoms with Crippen molar-refractivity contribution >= 4 is 17.4 Å². The Labute approximate surface area is 136 Å². The van der Waals surface area contributed by atoms with Crippen molar-refractivity contribution in [2.75, 3.05) is 5.32 Å². The fourth-order valence-electron chi connectivity index (χ4n) is 3.99. The molecule has 3 saturated carbocycles. The predicted molar refractivity (Wildman–Crippen MR) is 90.0 cm³/mol. The van der Waals surface area contributed by atoms with Gasteiger partial charge in [0.05, 0.1) is 5.69 Å². The number of rotatable bonds is 3. The fraction of sp³-hybridized carbons (Fsp3) is 0.444. The minimum atomic E-state index is 0.310. The van der Waals surface area contributed by atoms with E-state index in [1.54, 1.807) is 0 Å². The molecular weight excluding hydrogens is 294 g/mol. The molecule has 3 aliphatic carbocycles. The summed E-state index contributed by atoms with van der Waals surface area (Å²) in [5.41, 5.74) is 1.95. The molecule has 1 atom stereocenters. The minimum absolute atomic E-state index is 0.310. The number of hydrogen-bond acceptors (Lipinski definition) is 3. The molecule has 1 aromatic carbocycles. The summed E-state index contributed by atoms with van der Waals surface area (Å²) >= 11 is 6.13. The van der Waals surface area contributed by atoms with Crippen molar-refractivity contribution in [2.24, 2.45) is 11.8 Å². The Bertz CT molecular complexity index is 651. The molecule has 22 heavy (non-hydrogen) atoms. The predicted octanol–water partition coefficient (Wildman–Crippen LogP) is 4.79. The summed E-state index contributed by atoms with van der Waals surface area (Å²) in [6.45, 7) is 0. The summed E-state index contributed by atoms with van der Waals surface area (Å²) in [6.07, 6.45) is 6.79. The van der Waals surface area contributed by atoms with Crippen LogP contribution in [0.1, 0.15) is 32.1 Å². The van der Waals surface area contributed by atoms with Crippen LogP contribution in [0.25, 0.3) is 11.3 Å². The van der Waals surface area contributed by atoms with Crippen LogP contribution in [0.2, 0.25) is 5.28 Å². The number of halogens is 1. The number of nitrogens with one attached hydrogen (secondary N) is 1. The van der Waals surface area contributed by atoms with Crippen LogP contribution < -0.4 is 5.32 Å². The van der Waals surface area contributed by atoms with Gasteiger partial charge in [0.25, 0.3) is 0 Å². The summed E-state index contributed by atoms with van der Waals surface area (Å²) < 4.78 is 0. The Morgan fingerprint density at radius 3 is 2.45 bits per heavy atom. The molecule has 1 aromatic heterocycles. The average Bonchev–Trinajstić information content (AvgIpc) is 2.56. The van der Waals surface area contributed by atoms with E-state index in [1.165, 1.54) is 32.1 Å². The molecule has 2 aromatic rings. The summed E-state index contributed by atoms with van der Waals surface area (Å²) in [5.74, 6) is 2.55. The summed E-state index contributed by atoms with van der Waals surface area (Å²) in [5, 5.41) is 3.94. The normalized spacial score (nSPS) is 26.9. The molecule has 0 saturated heterocycles. The van der Waals surface area contributed by atoms with Gasteiger partial charge in [-0.2, -0.15) is 0 Å². The second-order valence-corrected chi connectivity index (χ2v) is 6.88. The van der Waals surface area contributed by atoms with Gasteiger partial charge < -0.3 is 5.32 Å². The summed E-state index contributed by atoms with van der Waals surface area (Å²) in [6, 6.07) is 12.7. The van der Waals surface area contributed by atoms with Gasteiger partial charge >= 0.3 is 0 Å². The fourth-order valence-corrected chi connectivity index (χ4v) is 4.18. The number of anilines is 1. The first-order chi connectivity index (χ1) is 10.8. The molecule has 0 amide bonds. The first-order valence-corrected chi connectivity index (χ1v) is 8.52. The Kier molecular flexibility index (Phi) is 3.75. The van der Waals surface area contributed by atoms with Gasteiger partial charge in [0.15, 0.2) is 0 Å². The maximum atomic E-state index is 6.13. The van der Waals surface area contributed by atoms with Crippen molar-refractivity contribution in [3.63, 3.8) is 0 Å². The lowest BCUT2D eigenvalue weighted by molar-refractivity contribution is 0.157. The molecule has 5 rings (SSSR count). The third kappa shape index (κ3) is 2.82. The van der Waals surface area contributed by atoms with Crippen LogP contribution in [-0.2, 0) is 0 Å². The van der Waals surface area contributed by atoms with Gasteiger partial charge in [0.1, 0.15) is 5.82 Å². The van der Waals surface area contributed by atoms with Crippen molar-refractivity contribution < 1.29 is 0 Å². The second-order valence-electron chi connectivity index (χ2n) is 6.54. The van der Waals surface area contributed by atoms with E-state index in [9.17, 15) is 0 Å². The molecule has 0 unspecified atom stereocenters. The highest BCUT2D eigenvalue weighted by Crippen LogP contribution is 2.42. The van der Waals surface area contributed by atoms with E-state index in [1.807, 2.05) is 36.4 Å². The Morgan fingerprint density at radius 2 is 1.77 bits per heavy atom. The number of aromatic nitrogens is 2. The molecule has 0 radical (unpaired) electrons. The maximum absolute atomic E-state index is 6.13. The molecule has 0 aliphatic heterocycles. The smallest absolute Gasteiger partial charge is 0.224 e. The zero-order valence-corrected chi connectivity index (χ0v) is 13.3. The Balaban J connectivity index is 1.58. The molecule has 1 N–H and O–H groups in total. The van der Waals surface area contributed by atoms with Crippen molar-refractivity contribution in [1.29, 1.82) is 0 Å². The number of hydrogen-bond donors (Lipinski definition) is 1. The Hall–Kier alpha value is -1.61. The topological polar surface area (TPSA) is 37.8 Å². The largest absolute Gasteiger partial charge is 0.367 e. The lowest BCUT2D eigenvalue weighted by Crippen LogP contribution is -2.40. The van der Waals surface area contributed by atoms with Crippen molar-refractivity contribution in [1.82, 2.24) is 9.97 Å². The van der Waals surface area contributed by atoms with Crippen LogP contribution >= 0.6 is 11.6 Å². The lowest BCUT2D eigenvalue weighted by Gasteiger charge is -2.42. The molecule has 4 heteroatoms. The molecule has 1 heterocycles. The van der Waals surface area contributed by atoms with Crippen molar-refractivity contribution in [3.8, 4) is 11.3 Å². The molecule has 2 bridgehead atoms. The van der Waals surface area contributed by atoms with E-state index in [-0.39, 0.29) is 0 Å². The van der Waals surface area contributed by atoms with Crippen LogP contribution in [0, 0.1) is 11.8 Å². The molecule has 3 nitrogen and oxygen atoms in total. The van der Waals surface area contributed by atoms with Gasteiger partial charge in [-0.25, -0.2) is 9.97 Å². The van der Waals surface area contributed by atoms with Crippen LogP contribution in [0.4, 0.5) is 5.82 Å². The zero-order valence-electron chi connectivity index (χ0n) is 12.5. The van der Waals surface area contributed by atoms with Gasteiger partial charge in [-0.1, -0.05) is 43.2 Å². The molecule has 3 fully saturated rings. The van der Waals surface area contributed by atoms with Gasteiger partial charge in [-0.15, -0.1) is 0 Å². The van der Waals surface area contributed by atoms with Crippen LogP contribution in [-0.4, -0.2) is 16.0 Å². The average molecular weight is 314 g/mol. The van der Waals surface area contributed by atoms with Crippen LogP contribution in [0.5, 0.6) is 0 Å². The first kappa shape index (κ1) is 14.0. The quantitative estimate of drug-likeness (QED) is 0.828. The third-order valence-corrected chi connectivity index (χ3v) is 5.32. The van der Waals surface area contributed by atoms with E-state index in [4.69, 9.17) is 11.6 Å². The first-order valence-electron chi connectivity index (χ1n) is 8.14. The molecule has 3 aliphatic rings. The van der Waals surface area contributed by atoms with Crippen molar-refractivity contribution in [3.05, 3.63) is 41.7 Å². The Morgan fingerprint density at radius 1 is 1.00 bits per heavy atom. The van der Waals surface area contributed by atoms with E-state index in [0.717, 1.165) is 28.9 Å². The highest BCUT2D eigenvalue weighted by atomic mass is 35.5. The monoisotopic (exact) mass is 313 g/mol. The SMILES string of the molecule is Clc1nc(N[C@H]2CC3CCC2CC3)cc(-c2ccccc2)n1. The van der Waals surface area contributed by atoms with Gasteiger partial charge in [-0.3, -0.25) is 0 Å².